The molecular weight excluding hydrogens is 394 g/mol. The van der Waals surface area contributed by atoms with E-state index >= 15 is 0 Å². The van der Waals surface area contributed by atoms with Crippen molar-refractivity contribution in [3.05, 3.63) is 52.5 Å². The van der Waals surface area contributed by atoms with Crippen LogP contribution in [0.4, 0.5) is 5.13 Å². The predicted octanol–water partition coefficient (Wildman–Crippen LogP) is 4.54. The number of nitrogens with zero attached hydrogens (tertiary/aromatic N) is 3. The lowest BCUT2D eigenvalue weighted by Gasteiger charge is -2.22. The van der Waals surface area contributed by atoms with Crippen LogP contribution in [0, 0.1) is 13.8 Å². The standard InChI is InChI=1S/C21H24ClN3O2S/c1-14-11-18-19(12-15(14)2)28-21(23-18)25(10-9-24(3)4)20(26)13-27-17-7-5-16(22)6-8-17/h5-8,11-12H,9-10,13H2,1-4H3. The van der Waals surface area contributed by atoms with E-state index < -0.39 is 0 Å². The van der Waals surface area contributed by atoms with Crippen molar-refractivity contribution in [3.63, 3.8) is 0 Å². The molecule has 1 heterocycles. The van der Waals surface area contributed by atoms with Crippen molar-refractivity contribution in [1.29, 1.82) is 0 Å². The van der Waals surface area contributed by atoms with E-state index in [1.165, 1.54) is 22.5 Å². The second-order valence-electron chi connectivity index (χ2n) is 6.99. The Labute approximate surface area is 174 Å². The SMILES string of the molecule is Cc1cc2nc(N(CCN(C)C)C(=O)COc3ccc(Cl)cc3)sc2cc1C. The molecule has 0 spiro atoms. The third-order valence-electron chi connectivity index (χ3n) is 4.47. The first-order valence-corrected chi connectivity index (χ1v) is 10.2. The van der Waals surface area contributed by atoms with Crippen LogP contribution in [-0.2, 0) is 4.79 Å². The van der Waals surface area contributed by atoms with Gasteiger partial charge in [0, 0.05) is 18.1 Å². The molecule has 0 radical (unpaired) electrons. The number of thiazole rings is 1. The number of anilines is 1. The maximum atomic E-state index is 12.9. The van der Waals surface area contributed by atoms with Crippen LogP contribution in [0.1, 0.15) is 11.1 Å². The van der Waals surface area contributed by atoms with E-state index in [9.17, 15) is 4.79 Å². The number of fused-ring (bicyclic) bond motifs is 1. The molecule has 7 heteroatoms. The highest BCUT2D eigenvalue weighted by atomic mass is 35.5. The van der Waals surface area contributed by atoms with E-state index in [1.807, 2.05) is 19.0 Å². The Morgan fingerprint density at radius 2 is 1.79 bits per heavy atom. The first-order chi connectivity index (χ1) is 13.3. The minimum absolute atomic E-state index is 0.0525. The van der Waals surface area contributed by atoms with Crippen molar-refractivity contribution < 1.29 is 9.53 Å². The number of hydrogen-bond acceptors (Lipinski definition) is 5. The quantitative estimate of drug-likeness (QED) is 0.566. The van der Waals surface area contributed by atoms with Gasteiger partial charge in [0.25, 0.3) is 5.91 Å². The number of rotatable bonds is 7. The molecule has 0 saturated heterocycles. The minimum Gasteiger partial charge on any atom is -0.484 e. The van der Waals surface area contributed by atoms with Gasteiger partial charge in [-0.3, -0.25) is 9.69 Å². The van der Waals surface area contributed by atoms with E-state index in [2.05, 4.69) is 26.0 Å². The number of ether oxygens (including phenoxy) is 1. The first-order valence-electron chi connectivity index (χ1n) is 9.05. The molecule has 0 unspecified atom stereocenters. The Morgan fingerprint density at radius 1 is 1.11 bits per heavy atom. The summed E-state index contributed by atoms with van der Waals surface area (Å²) in [5.41, 5.74) is 3.34. The Morgan fingerprint density at radius 3 is 2.46 bits per heavy atom. The average molecular weight is 418 g/mol. The summed E-state index contributed by atoms with van der Waals surface area (Å²) in [4.78, 5) is 21.4. The molecular formula is C21H24ClN3O2S. The molecule has 3 aromatic rings. The summed E-state index contributed by atoms with van der Waals surface area (Å²) in [6.45, 7) is 5.39. The van der Waals surface area contributed by atoms with Crippen LogP contribution in [0.5, 0.6) is 5.75 Å². The van der Waals surface area contributed by atoms with E-state index in [1.54, 1.807) is 29.2 Å². The average Bonchev–Trinajstić information content (AvgIpc) is 3.03. The van der Waals surface area contributed by atoms with Gasteiger partial charge in [-0.15, -0.1) is 0 Å². The Bertz CT molecular complexity index is 931. The van der Waals surface area contributed by atoms with Crippen LogP contribution in [0.3, 0.4) is 0 Å². The minimum atomic E-state index is -0.121. The molecule has 0 aliphatic rings. The van der Waals surface area contributed by atoms with Gasteiger partial charge in [0.2, 0.25) is 0 Å². The molecule has 0 atom stereocenters. The van der Waals surface area contributed by atoms with Gasteiger partial charge in [-0.1, -0.05) is 22.9 Å². The molecule has 0 aliphatic heterocycles. The highest BCUT2D eigenvalue weighted by Gasteiger charge is 2.21. The van der Waals surface area contributed by atoms with Crippen molar-refractivity contribution in [2.75, 3.05) is 38.7 Å². The van der Waals surface area contributed by atoms with E-state index in [0.717, 1.165) is 16.8 Å². The van der Waals surface area contributed by atoms with Crippen LogP contribution >= 0.6 is 22.9 Å². The van der Waals surface area contributed by atoms with Crippen molar-refractivity contribution >= 4 is 44.2 Å². The van der Waals surface area contributed by atoms with Crippen LogP contribution in [0.15, 0.2) is 36.4 Å². The maximum Gasteiger partial charge on any atom is 0.266 e. The Kier molecular flexibility index (Phi) is 6.54. The van der Waals surface area contributed by atoms with Crippen LogP contribution in [0.25, 0.3) is 10.2 Å². The summed E-state index contributed by atoms with van der Waals surface area (Å²) in [7, 11) is 3.97. The number of amides is 1. The maximum absolute atomic E-state index is 12.9. The normalized spacial score (nSPS) is 11.2. The molecule has 1 aromatic heterocycles. The zero-order chi connectivity index (χ0) is 20.3. The lowest BCUT2D eigenvalue weighted by molar-refractivity contribution is -0.120. The molecule has 148 valence electrons. The molecule has 2 aromatic carbocycles. The highest BCUT2D eigenvalue weighted by molar-refractivity contribution is 7.22. The molecule has 5 nitrogen and oxygen atoms in total. The second-order valence-corrected chi connectivity index (χ2v) is 8.44. The van der Waals surface area contributed by atoms with Gasteiger partial charge in [-0.05, 0) is 75.5 Å². The summed E-state index contributed by atoms with van der Waals surface area (Å²) < 4.78 is 6.74. The summed E-state index contributed by atoms with van der Waals surface area (Å²) in [6, 6.07) is 11.2. The van der Waals surface area contributed by atoms with E-state index in [0.29, 0.717) is 22.4 Å². The first kappa shape index (κ1) is 20.6. The third-order valence-corrected chi connectivity index (χ3v) is 5.76. The fourth-order valence-electron chi connectivity index (χ4n) is 2.66. The van der Waals surface area contributed by atoms with Gasteiger partial charge < -0.3 is 9.64 Å². The smallest absolute Gasteiger partial charge is 0.266 e. The van der Waals surface area contributed by atoms with Crippen LogP contribution < -0.4 is 9.64 Å². The molecule has 0 N–H and O–H groups in total. The fourth-order valence-corrected chi connectivity index (χ4v) is 3.88. The molecule has 3 rings (SSSR count). The highest BCUT2D eigenvalue weighted by Crippen LogP contribution is 2.31. The van der Waals surface area contributed by atoms with Gasteiger partial charge in [0.05, 0.1) is 10.2 Å². The van der Waals surface area contributed by atoms with Crippen LogP contribution in [-0.4, -0.2) is 49.6 Å². The zero-order valence-corrected chi connectivity index (χ0v) is 18.1. The zero-order valence-electron chi connectivity index (χ0n) is 16.5. The van der Waals surface area contributed by atoms with Crippen molar-refractivity contribution in [1.82, 2.24) is 9.88 Å². The van der Waals surface area contributed by atoms with Crippen molar-refractivity contribution in [2.24, 2.45) is 0 Å². The lowest BCUT2D eigenvalue weighted by atomic mass is 10.1. The topological polar surface area (TPSA) is 45.7 Å². The number of halogens is 1. The Hall–Kier alpha value is -2.15. The number of hydrogen-bond donors (Lipinski definition) is 0. The van der Waals surface area contributed by atoms with E-state index in [4.69, 9.17) is 21.3 Å². The summed E-state index contributed by atoms with van der Waals surface area (Å²) in [6.07, 6.45) is 0. The fraction of sp³-hybridized carbons (Fsp3) is 0.333. The lowest BCUT2D eigenvalue weighted by Crippen LogP contribution is -2.39. The number of aryl methyl sites for hydroxylation is 2. The Balaban J connectivity index is 1.81. The van der Waals surface area contributed by atoms with Gasteiger partial charge in [-0.25, -0.2) is 4.98 Å². The number of carbonyl (C=O) groups is 1. The molecule has 0 saturated carbocycles. The summed E-state index contributed by atoms with van der Waals surface area (Å²) in [5.74, 6) is 0.491. The van der Waals surface area contributed by atoms with E-state index in [-0.39, 0.29) is 12.5 Å². The number of likely N-dealkylation sites (N-methyl/N-ethyl adjacent to an activating group) is 1. The number of benzene rings is 2. The molecule has 28 heavy (non-hydrogen) atoms. The third kappa shape index (κ3) is 5.01. The van der Waals surface area contributed by atoms with Crippen molar-refractivity contribution in [3.8, 4) is 5.75 Å². The number of carbonyl (C=O) groups excluding carboxylic acids is 1. The summed E-state index contributed by atoms with van der Waals surface area (Å²) in [5, 5.41) is 1.33. The van der Waals surface area contributed by atoms with Gasteiger partial charge in [0.1, 0.15) is 5.75 Å². The van der Waals surface area contributed by atoms with Crippen molar-refractivity contribution in [2.45, 2.75) is 13.8 Å². The monoisotopic (exact) mass is 417 g/mol. The molecule has 0 bridgehead atoms. The second kappa shape index (κ2) is 8.90. The molecule has 1 amide bonds. The predicted molar refractivity (Wildman–Crippen MR) is 117 cm³/mol. The molecule has 0 aliphatic carbocycles. The van der Waals surface area contributed by atoms with Gasteiger partial charge in [0.15, 0.2) is 11.7 Å². The largest absolute Gasteiger partial charge is 0.484 e. The summed E-state index contributed by atoms with van der Waals surface area (Å²) >= 11 is 7.43. The van der Waals surface area contributed by atoms with Crippen LogP contribution in [0.2, 0.25) is 5.02 Å². The van der Waals surface area contributed by atoms with Gasteiger partial charge in [-0.2, -0.15) is 0 Å². The van der Waals surface area contributed by atoms with Gasteiger partial charge >= 0.3 is 0 Å². The molecule has 0 fully saturated rings. The number of aromatic nitrogens is 1.